The molecule has 3 rings (SSSR count). The lowest BCUT2D eigenvalue weighted by molar-refractivity contribution is 0.118. The third kappa shape index (κ3) is 1.08. The van der Waals surface area contributed by atoms with Crippen LogP contribution in [-0.4, -0.2) is 36.0 Å². The summed E-state index contributed by atoms with van der Waals surface area (Å²) in [5.74, 6) is 1.06. The normalized spacial score (nSPS) is 45.9. The molecule has 0 aromatic heterocycles. The zero-order valence-electron chi connectivity index (χ0n) is 6.55. The molecule has 0 aromatic rings. The van der Waals surface area contributed by atoms with E-state index in [-0.39, 0.29) is 0 Å². The summed E-state index contributed by atoms with van der Waals surface area (Å²) in [5, 5.41) is 0.961. The summed E-state index contributed by atoms with van der Waals surface area (Å²) in [7, 11) is 0. The second kappa shape index (κ2) is 2.74. The third-order valence-corrected chi connectivity index (χ3v) is 4.04. The van der Waals surface area contributed by atoms with E-state index in [4.69, 9.17) is 0 Å². The number of hydrogen-bond acceptors (Lipinski definition) is 2. The molecule has 2 bridgehead atoms. The Morgan fingerprint density at radius 2 is 2.00 bits per heavy atom. The molecule has 0 saturated carbocycles. The van der Waals surface area contributed by atoms with Crippen molar-refractivity contribution in [2.45, 2.75) is 18.1 Å². The molecule has 0 unspecified atom stereocenters. The predicted molar refractivity (Wildman–Crippen MR) is 46.5 cm³/mol. The van der Waals surface area contributed by atoms with E-state index in [1.165, 1.54) is 32.5 Å². The van der Waals surface area contributed by atoms with Gasteiger partial charge >= 0.3 is 0 Å². The molecular formula is C8H15NS. The van der Waals surface area contributed by atoms with E-state index < -0.39 is 0 Å². The SMILES string of the molecule is CS[C@H]1CN2CCC1CC2. The molecule has 3 aliphatic rings. The minimum atomic E-state index is 0.961. The van der Waals surface area contributed by atoms with Crippen LogP contribution in [0.2, 0.25) is 0 Å². The lowest BCUT2D eigenvalue weighted by Gasteiger charge is -2.44. The first kappa shape index (κ1) is 6.99. The number of nitrogens with zero attached hydrogens (tertiary/aromatic N) is 1. The summed E-state index contributed by atoms with van der Waals surface area (Å²) in [6, 6.07) is 0. The molecule has 2 heteroatoms. The fourth-order valence-corrected chi connectivity index (χ4v) is 3.19. The average molecular weight is 157 g/mol. The van der Waals surface area contributed by atoms with Gasteiger partial charge in [0, 0.05) is 11.8 Å². The molecule has 0 aromatic carbocycles. The zero-order chi connectivity index (χ0) is 6.97. The van der Waals surface area contributed by atoms with Crippen LogP contribution < -0.4 is 0 Å². The van der Waals surface area contributed by atoms with Gasteiger partial charge in [0.25, 0.3) is 0 Å². The quantitative estimate of drug-likeness (QED) is 0.566. The second-order valence-electron chi connectivity index (χ2n) is 3.41. The summed E-state index contributed by atoms with van der Waals surface area (Å²) in [6.07, 6.45) is 5.18. The largest absolute Gasteiger partial charge is 0.302 e. The van der Waals surface area contributed by atoms with Gasteiger partial charge < -0.3 is 4.90 Å². The molecule has 3 saturated heterocycles. The lowest BCUT2D eigenvalue weighted by atomic mass is 9.88. The third-order valence-electron chi connectivity index (χ3n) is 2.90. The van der Waals surface area contributed by atoms with Crippen LogP contribution in [0.15, 0.2) is 0 Å². The number of thioether (sulfide) groups is 1. The van der Waals surface area contributed by atoms with Crippen LogP contribution in [0.1, 0.15) is 12.8 Å². The molecule has 10 heavy (non-hydrogen) atoms. The minimum Gasteiger partial charge on any atom is -0.302 e. The van der Waals surface area contributed by atoms with Crippen molar-refractivity contribution >= 4 is 11.8 Å². The summed E-state index contributed by atoms with van der Waals surface area (Å²) >= 11 is 2.07. The van der Waals surface area contributed by atoms with E-state index in [9.17, 15) is 0 Å². The van der Waals surface area contributed by atoms with Gasteiger partial charge in [-0.05, 0) is 38.1 Å². The first-order valence-corrected chi connectivity index (χ1v) is 5.44. The Morgan fingerprint density at radius 3 is 2.30 bits per heavy atom. The Morgan fingerprint density at radius 1 is 1.30 bits per heavy atom. The van der Waals surface area contributed by atoms with Gasteiger partial charge in [-0.25, -0.2) is 0 Å². The molecule has 58 valence electrons. The molecule has 3 fully saturated rings. The first-order valence-electron chi connectivity index (χ1n) is 4.15. The molecular weight excluding hydrogens is 142 g/mol. The van der Waals surface area contributed by atoms with Crippen LogP contribution in [0.5, 0.6) is 0 Å². The van der Waals surface area contributed by atoms with Crippen LogP contribution >= 0.6 is 11.8 Å². The van der Waals surface area contributed by atoms with E-state index in [1.54, 1.807) is 0 Å². The highest BCUT2D eigenvalue weighted by Crippen LogP contribution is 2.33. The van der Waals surface area contributed by atoms with E-state index in [1.807, 2.05) is 0 Å². The number of piperidine rings is 3. The van der Waals surface area contributed by atoms with Gasteiger partial charge in [-0.3, -0.25) is 0 Å². The predicted octanol–water partition coefficient (Wildman–Crippen LogP) is 1.44. The van der Waals surface area contributed by atoms with Gasteiger partial charge in [0.2, 0.25) is 0 Å². The smallest absolute Gasteiger partial charge is 0.0201 e. The van der Waals surface area contributed by atoms with Gasteiger partial charge in [-0.15, -0.1) is 0 Å². The Hall–Kier alpha value is 0.310. The van der Waals surface area contributed by atoms with Crippen molar-refractivity contribution in [3.05, 3.63) is 0 Å². The van der Waals surface area contributed by atoms with Crippen molar-refractivity contribution in [1.82, 2.24) is 4.90 Å². The highest BCUT2D eigenvalue weighted by atomic mass is 32.2. The average Bonchev–Trinajstić information content (AvgIpc) is 2.06. The van der Waals surface area contributed by atoms with Crippen molar-refractivity contribution in [2.75, 3.05) is 25.9 Å². The standard InChI is InChI=1S/C8H15NS/c1-10-8-6-9-4-2-7(8)3-5-9/h7-8H,2-6H2,1H3/t8-/m0/s1. The highest BCUT2D eigenvalue weighted by molar-refractivity contribution is 7.99. The van der Waals surface area contributed by atoms with Crippen LogP contribution in [0.3, 0.4) is 0 Å². The molecule has 0 amide bonds. The van der Waals surface area contributed by atoms with Crippen LogP contribution in [-0.2, 0) is 0 Å². The van der Waals surface area contributed by atoms with Crippen LogP contribution in [0.25, 0.3) is 0 Å². The Labute approximate surface area is 67.2 Å². The van der Waals surface area contributed by atoms with Gasteiger partial charge in [-0.1, -0.05) is 0 Å². The maximum atomic E-state index is 2.61. The highest BCUT2D eigenvalue weighted by Gasteiger charge is 2.33. The maximum absolute atomic E-state index is 2.61. The summed E-state index contributed by atoms with van der Waals surface area (Å²) in [6.45, 7) is 4.12. The van der Waals surface area contributed by atoms with E-state index in [0.717, 1.165) is 11.2 Å². The molecule has 3 aliphatic heterocycles. The number of rotatable bonds is 1. The van der Waals surface area contributed by atoms with Gasteiger partial charge in [0.1, 0.15) is 0 Å². The number of fused-ring (bicyclic) bond motifs is 3. The summed E-state index contributed by atoms with van der Waals surface area (Å²) in [4.78, 5) is 2.61. The molecule has 3 heterocycles. The van der Waals surface area contributed by atoms with Crippen molar-refractivity contribution in [1.29, 1.82) is 0 Å². The molecule has 1 nitrogen and oxygen atoms in total. The maximum Gasteiger partial charge on any atom is 0.0201 e. The first-order chi connectivity index (χ1) is 4.90. The molecule has 0 aliphatic carbocycles. The topological polar surface area (TPSA) is 3.24 Å². The van der Waals surface area contributed by atoms with Crippen molar-refractivity contribution in [3.8, 4) is 0 Å². The zero-order valence-corrected chi connectivity index (χ0v) is 7.36. The minimum absolute atomic E-state index is 0.961. The van der Waals surface area contributed by atoms with Crippen molar-refractivity contribution < 1.29 is 0 Å². The van der Waals surface area contributed by atoms with Gasteiger partial charge in [-0.2, -0.15) is 11.8 Å². The Kier molecular flexibility index (Phi) is 1.92. The van der Waals surface area contributed by atoms with Crippen molar-refractivity contribution in [2.24, 2.45) is 5.92 Å². The van der Waals surface area contributed by atoms with Gasteiger partial charge in [0.05, 0.1) is 0 Å². The lowest BCUT2D eigenvalue weighted by Crippen LogP contribution is -2.48. The molecule has 0 N–H and O–H groups in total. The van der Waals surface area contributed by atoms with E-state index >= 15 is 0 Å². The Bertz CT molecular complexity index is 118. The van der Waals surface area contributed by atoms with Crippen LogP contribution in [0.4, 0.5) is 0 Å². The summed E-state index contributed by atoms with van der Waals surface area (Å²) in [5.41, 5.74) is 0. The Balaban J connectivity index is 2.01. The molecule has 1 atom stereocenters. The molecule has 0 radical (unpaired) electrons. The van der Waals surface area contributed by atoms with E-state index in [2.05, 4.69) is 22.9 Å². The number of hydrogen-bond donors (Lipinski definition) is 0. The van der Waals surface area contributed by atoms with E-state index in [0.29, 0.717) is 0 Å². The monoisotopic (exact) mass is 157 g/mol. The molecule has 0 spiro atoms. The second-order valence-corrected chi connectivity index (χ2v) is 4.49. The van der Waals surface area contributed by atoms with Gasteiger partial charge in [0.15, 0.2) is 0 Å². The van der Waals surface area contributed by atoms with Crippen molar-refractivity contribution in [3.63, 3.8) is 0 Å². The van der Waals surface area contributed by atoms with Crippen LogP contribution in [0, 0.1) is 5.92 Å². The fraction of sp³-hybridized carbons (Fsp3) is 1.00. The fourth-order valence-electron chi connectivity index (χ4n) is 2.18. The summed E-state index contributed by atoms with van der Waals surface area (Å²) < 4.78 is 0.